The summed E-state index contributed by atoms with van der Waals surface area (Å²) in [5.74, 6) is -1.55. The number of benzene rings is 1. The predicted molar refractivity (Wildman–Crippen MR) is 82.3 cm³/mol. The molecule has 0 saturated heterocycles. The van der Waals surface area contributed by atoms with E-state index in [1.165, 1.54) is 37.8 Å². The first-order valence-corrected chi connectivity index (χ1v) is 7.81. The highest BCUT2D eigenvalue weighted by Crippen LogP contribution is 2.41. The fourth-order valence-electron chi connectivity index (χ4n) is 3.77. The third kappa shape index (κ3) is 3.27. The number of likely N-dealkylation sites (N-methyl/N-ethyl adjacent to an activating group) is 2. The first-order chi connectivity index (χ1) is 10.0. The van der Waals surface area contributed by atoms with Crippen LogP contribution in [0.15, 0.2) is 18.2 Å². The molecule has 0 spiro atoms. The molecule has 21 heavy (non-hydrogen) atoms. The number of hydrogen-bond acceptors (Lipinski definition) is 2. The molecule has 1 N–H and O–H groups in total. The number of nitrogens with zero attached hydrogens (tertiary/aromatic N) is 1. The lowest BCUT2D eigenvalue weighted by atomic mass is 9.78. The van der Waals surface area contributed by atoms with E-state index in [0.717, 1.165) is 18.4 Å². The van der Waals surface area contributed by atoms with Crippen molar-refractivity contribution in [1.82, 2.24) is 10.2 Å². The molecule has 1 aliphatic carbocycles. The predicted octanol–water partition coefficient (Wildman–Crippen LogP) is 3.88. The Labute approximate surface area is 126 Å². The second kappa shape index (κ2) is 6.84. The maximum Gasteiger partial charge on any atom is 0.159 e. The third-order valence-corrected chi connectivity index (χ3v) is 4.96. The molecular weight excluding hydrogens is 270 g/mol. The van der Waals surface area contributed by atoms with Crippen LogP contribution in [0.3, 0.4) is 0 Å². The molecule has 118 valence electrons. The highest BCUT2D eigenvalue weighted by atomic mass is 19.2. The molecule has 4 heteroatoms. The van der Waals surface area contributed by atoms with Gasteiger partial charge in [-0.2, -0.15) is 0 Å². The van der Waals surface area contributed by atoms with Crippen LogP contribution >= 0.6 is 0 Å². The van der Waals surface area contributed by atoms with E-state index in [2.05, 4.69) is 24.3 Å². The zero-order chi connectivity index (χ0) is 15.5. The number of nitrogens with one attached hydrogen (secondary N) is 1. The van der Waals surface area contributed by atoms with Crippen LogP contribution in [-0.4, -0.2) is 31.6 Å². The lowest BCUT2D eigenvalue weighted by Gasteiger charge is -2.46. The number of hydrogen-bond donors (Lipinski definition) is 1. The fraction of sp³-hybridized carbons (Fsp3) is 0.647. The van der Waals surface area contributed by atoms with Gasteiger partial charge >= 0.3 is 0 Å². The Morgan fingerprint density at radius 3 is 2.14 bits per heavy atom. The van der Waals surface area contributed by atoms with Gasteiger partial charge < -0.3 is 10.2 Å². The molecule has 0 aliphatic heterocycles. The summed E-state index contributed by atoms with van der Waals surface area (Å²) in [7, 11) is 6.09. The van der Waals surface area contributed by atoms with Crippen molar-refractivity contribution in [2.45, 2.75) is 50.1 Å². The van der Waals surface area contributed by atoms with E-state index < -0.39 is 11.6 Å². The maximum atomic E-state index is 13.6. The molecule has 0 amide bonds. The first-order valence-electron chi connectivity index (χ1n) is 7.81. The van der Waals surface area contributed by atoms with E-state index in [4.69, 9.17) is 0 Å². The van der Waals surface area contributed by atoms with Gasteiger partial charge in [0.1, 0.15) is 0 Å². The smallest absolute Gasteiger partial charge is 0.159 e. The molecule has 1 fully saturated rings. The van der Waals surface area contributed by atoms with Crippen molar-refractivity contribution in [2.24, 2.45) is 0 Å². The van der Waals surface area contributed by atoms with Crippen LogP contribution in [-0.2, 0) is 0 Å². The minimum Gasteiger partial charge on any atom is -0.311 e. The highest BCUT2D eigenvalue weighted by Gasteiger charge is 2.41. The lowest BCUT2D eigenvalue weighted by molar-refractivity contribution is 0.0833. The van der Waals surface area contributed by atoms with Crippen molar-refractivity contribution in [3.05, 3.63) is 35.4 Å². The summed E-state index contributed by atoms with van der Waals surface area (Å²) < 4.78 is 26.9. The Kier molecular flexibility index (Phi) is 5.33. The summed E-state index contributed by atoms with van der Waals surface area (Å²) >= 11 is 0. The van der Waals surface area contributed by atoms with Crippen LogP contribution in [0, 0.1) is 11.6 Å². The first kappa shape index (κ1) is 16.4. The monoisotopic (exact) mass is 296 g/mol. The standard InChI is InChI=1S/C17H26F2N2/c1-20-16(13-8-9-14(18)15(19)12-13)17(21(2)3)10-6-4-5-7-11-17/h8-9,12,16,20H,4-7,10-11H2,1-3H3. The molecule has 1 saturated carbocycles. The van der Waals surface area contributed by atoms with Gasteiger partial charge in [0.25, 0.3) is 0 Å². The second-order valence-electron chi connectivity index (χ2n) is 6.31. The summed E-state index contributed by atoms with van der Waals surface area (Å²) in [6, 6.07) is 4.28. The minimum atomic E-state index is -0.784. The number of rotatable bonds is 4. The Bertz CT molecular complexity index is 466. The topological polar surface area (TPSA) is 15.3 Å². The van der Waals surface area contributed by atoms with Gasteiger partial charge in [0.05, 0.1) is 6.04 Å². The van der Waals surface area contributed by atoms with E-state index in [0.29, 0.717) is 0 Å². The van der Waals surface area contributed by atoms with Gasteiger partial charge in [-0.25, -0.2) is 8.78 Å². The Morgan fingerprint density at radius 2 is 1.67 bits per heavy atom. The van der Waals surface area contributed by atoms with Crippen LogP contribution in [0.25, 0.3) is 0 Å². The second-order valence-corrected chi connectivity index (χ2v) is 6.31. The molecule has 1 atom stereocenters. The van der Waals surface area contributed by atoms with Crippen molar-refractivity contribution in [1.29, 1.82) is 0 Å². The molecule has 1 aliphatic rings. The van der Waals surface area contributed by atoms with Crippen LogP contribution in [0.1, 0.15) is 50.1 Å². The van der Waals surface area contributed by atoms with Crippen LogP contribution in [0.5, 0.6) is 0 Å². The summed E-state index contributed by atoms with van der Waals surface area (Å²) in [6.07, 6.45) is 7.02. The third-order valence-electron chi connectivity index (χ3n) is 4.96. The lowest BCUT2D eigenvalue weighted by Crippen LogP contribution is -2.53. The van der Waals surface area contributed by atoms with Gasteiger partial charge in [0.15, 0.2) is 11.6 Å². The molecule has 0 bridgehead atoms. The van der Waals surface area contributed by atoms with Crippen molar-refractivity contribution in [2.75, 3.05) is 21.1 Å². The van der Waals surface area contributed by atoms with Crippen LogP contribution < -0.4 is 5.32 Å². The SMILES string of the molecule is CNC(c1ccc(F)c(F)c1)C1(N(C)C)CCCCCC1. The molecule has 0 heterocycles. The summed E-state index contributed by atoms with van der Waals surface area (Å²) in [6.45, 7) is 0. The average molecular weight is 296 g/mol. The highest BCUT2D eigenvalue weighted by molar-refractivity contribution is 5.25. The van der Waals surface area contributed by atoms with Gasteiger partial charge in [-0.15, -0.1) is 0 Å². The van der Waals surface area contributed by atoms with Gasteiger partial charge in [-0.1, -0.05) is 31.7 Å². The molecule has 2 rings (SSSR count). The van der Waals surface area contributed by atoms with E-state index in [1.54, 1.807) is 6.07 Å². The van der Waals surface area contributed by atoms with Gasteiger partial charge in [0.2, 0.25) is 0 Å². The van der Waals surface area contributed by atoms with Gasteiger partial charge in [0, 0.05) is 5.54 Å². The van der Waals surface area contributed by atoms with Gasteiger partial charge in [-0.05, 0) is 51.7 Å². The molecule has 1 aromatic carbocycles. The van der Waals surface area contributed by atoms with Crippen molar-refractivity contribution in [3.63, 3.8) is 0 Å². The number of halogens is 2. The molecule has 2 nitrogen and oxygen atoms in total. The fourth-order valence-corrected chi connectivity index (χ4v) is 3.77. The van der Waals surface area contributed by atoms with E-state index in [9.17, 15) is 8.78 Å². The van der Waals surface area contributed by atoms with E-state index >= 15 is 0 Å². The molecule has 0 aromatic heterocycles. The van der Waals surface area contributed by atoms with Crippen LogP contribution in [0.2, 0.25) is 0 Å². The average Bonchev–Trinajstić information content (AvgIpc) is 2.70. The quantitative estimate of drug-likeness (QED) is 0.848. The zero-order valence-corrected chi connectivity index (χ0v) is 13.3. The molecule has 0 radical (unpaired) electrons. The minimum absolute atomic E-state index is 0.000648. The largest absolute Gasteiger partial charge is 0.311 e. The normalized spacial score (nSPS) is 20.3. The molecule has 1 aromatic rings. The zero-order valence-electron chi connectivity index (χ0n) is 13.3. The molecular formula is C17H26F2N2. The van der Waals surface area contributed by atoms with E-state index in [1.807, 2.05) is 7.05 Å². The van der Waals surface area contributed by atoms with Gasteiger partial charge in [-0.3, -0.25) is 0 Å². The van der Waals surface area contributed by atoms with Crippen molar-refractivity contribution in [3.8, 4) is 0 Å². The summed E-state index contributed by atoms with van der Waals surface area (Å²) in [5, 5.41) is 3.35. The Hall–Kier alpha value is -1.00. The molecule has 1 unspecified atom stereocenters. The van der Waals surface area contributed by atoms with E-state index in [-0.39, 0.29) is 11.6 Å². The van der Waals surface area contributed by atoms with Crippen molar-refractivity contribution >= 4 is 0 Å². The summed E-state index contributed by atoms with van der Waals surface area (Å²) in [4.78, 5) is 2.26. The Morgan fingerprint density at radius 1 is 1.05 bits per heavy atom. The Balaban J connectivity index is 2.41. The van der Waals surface area contributed by atoms with Crippen LogP contribution in [0.4, 0.5) is 8.78 Å². The van der Waals surface area contributed by atoms with Crippen molar-refractivity contribution < 1.29 is 8.78 Å². The summed E-state index contributed by atoms with van der Waals surface area (Å²) in [5.41, 5.74) is 0.780. The maximum absolute atomic E-state index is 13.6.